The first-order valence-electron chi connectivity index (χ1n) is 17.9. The van der Waals surface area contributed by atoms with Crippen molar-refractivity contribution in [3.8, 4) is 0 Å². The average Bonchev–Trinajstić information content (AvgIpc) is 3.79. The van der Waals surface area contributed by atoms with Crippen LogP contribution in [0.4, 0.5) is 4.79 Å². The SMILES string of the molecule is CCC(O)C(C)C1OC1CC(C)(O)/C=C/C=C(\C)C1OC(=O)CC(O)CCC(C)(O)C(OC(=O)N(CC)CCN(CC)CC)/C=C/C1C. The van der Waals surface area contributed by atoms with E-state index in [-0.39, 0.29) is 43.3 Å². The second kappa shape index (κ2) is 19.2. The number of hydrogen-bond donors (Lipinski definition) is 4. The minimum Gasteiger partial charge on any atom is -0.457 e. The normalized spacial score (nSPS) is 32.0. The molecular weight excluding hydrogens is 616 g/mol. The first kappa shape index (κ1) is 41.9. The number of amides is 1. The molecule has 0 aliphatic carbocycles. The van der Waals surface area contributed by atoms with Gasteiger partial charge in [-0.25, -0.2) is 4.79 Å². The maximum atomic E-state index is 13.3. The predicted molar refractivity (Wildman–Crippen MR) is 186 cm³/mol. The van der Waals surface area contributed by atoms with Gasteiger partial charge in [0.25, 0.3) is 0 Å². The quantitative estimate of drug-likeness (QED) is 0.0849. The number of cyclic esters (lactones) is 1. The first-order chi connectivity index (χ1) is 22.5. The summed E-state index contributed by atoms with van der Waals surface area (Å²) in [6.45, 7) is 20.3. The van der Waals surface area contributed by atoms with Crippen molar-refractivity contribution < 1.29 is 44.2 Å². The van der Waals surface area contributed by atoms with E-state index in [0.29, 0.717) is 38.0 Å². The number of nitrogens with zero attached hydrogens (tertiary/aromatic N) is 2. The highest BCUT2D eigenvalue weighted by Gasteiger charge is 2.47. The number of likely N-dealkylation sites (N-methyl/N-ethyl adjacent to an activating group) is 2. The second-order valence-electron chi connectivity index (χ2n) is 14.1. The Kier molecular flexibility index (Phi) is 16.8. The van der Waals surface area contributed by atoms with E-state index in [4.69, 9.17) is 14.2 Å². The Labute approximate surface area is 288 Å². The molecule has 1 saturated heterocycles. The third kappa shape index (κ3) is 13.2. The molecule has 0 radical (unpaired) electrons. The number of ether oxygens (including phenoxy) is 3. The molecule has 0 spiro atoms. The number of allylic oxidation sites excluding steroid dienone is 2. The molecule has 10 unspecified atom stereocenters. The van der Waals surface area contributed by atoms with Crippen LogP contribution in [-0.4, -0.2) is 123 Å². The third-order valence-corrected chi connectivity index (χ3v) is 9.82. The first-order valence-corrected chi connectivity index (χ1v) is 17.9. The van der Waals surface area contributed by atoms with Crippen LogP contribution in [0.2, 0.25) is 0 Å². The standard InChI is InChI=1S/C37H64N2O9/c1-10-29(41)27(7)34-30(46-34)24-36(8,44)19-14-15-25(5)33-26(6)16-17-31(37(9,45)20-18-28(40)23-32(42)48-33)47-35(43)39(13-4)22-21-38(11-2)12-3/h14-17,19,26-31,33-34,40-41,44-45H,10-13,18,20-24H2,1-9H3/b17-16+,19-14+,25-15+. The predicted octanol–water partition coefficient (Wildman–Crippen LogP) is 4.37. The molecule has 10 atom stereocenters. The van der Waals surface area contributed by atoms with Crippen molar-refractivity contribution in [2.75, 3.05) is 32.7 Å². The van der Waals surface area contributed by atoms with Gasteiger partial charge in [-0.3, -0.25) is 4.79 Å². The van der Waals surface area contributed by atoms with Crippen molar-refractivity contribution in [3.63, 3.8) is 0 Å². The fourth-order valence-corrected chi connectivity index (χ4v) is 6.17. The lowest BCUT2D eigenvalue weighted by molar-refractivity contribution is -0.151. The van der Waals surface area contributed by atoms with Gasteiger partial charge in [0.1, 0.15) is 11.7 Å². The summed E-state index contributed by atoms with van der Waals surface area (Å²) in [5.41, 5.74) is -1.96. The zero-order valence-electron chi connectivity index (χ0n) is 30.8. The Hall–Kier alpha value is -2.28. The van der Waals surface area contributed by atoms with Gasteiger partial charge >= 0.3 is 12.1 Å². The Morgan fingerprint density at radius 3 is 2.46 bits per heavy atom. The maximum absolute atomic E-state index is 13.3. The minimum absolute atomic E-state index is 0.0132. The molecule has 0 aromatic carbocycles. The van der Waals surface area contributed by atoms with Crippen LogP contribution in [0.25, 0.3) is 0 Å². The largest absolute Gasteiger partial charge is 0.457 e. The van der Waals surface area contributed by atoms with E-state index >= 15 is 0 Å². The molecule has 0 bridgehead atoms. The third-order valence-electron chi connectivity index (χ3n) is 9.82. The number of rotatable bonds is 15. The summed E-state index contributed by atoms with van der Waals surface area (Å²) in [5, 5.41) is 43.2. The van der Waals surface area contributed by atoms with Crippen molar-refractivity contribution in [1.82, 2.24) is 9.80 Å². The highest BCUT2D eigenvalue weighted by atomic mass is 16.6. The lowest BCUT2D eigenvalue weighted by Gasteiger charge is -2.34. The van der Waals surface area contributed by atoms with Gasteiger partial charge in [0.2, 0.25) is 0 Å². The van der Waals surface area contributed by atoms with E-state index in [2.05, 4.69) is 18.7 Å². The van der Waals surface area contributed by atoms with Crippen LogP contribution >= 0.6 is 0 Å². The molecule has 48 heavy (non-hydrogen) atoms. The molecule has 0 aromatic rings. The van der Waals surface area contributed by atoms with Crippen LogP contribution in [0.3, 0.4) is 0 Å². The Morgan fingerprint density at radius 1 is 1.19 bits per heavy atom. The van der Waals surface area contributed by atoms with Crippen molar-refractivity contribution >= 4 is 12.1 Å². The van der Waals surface area contributed by atoms with Gasteiger partial charge in [-0.15, -0.1) is 0 Å². The van der Waals surface area contributed by atoms with Gasteiger partial charge in [-0.1, -0.05) is 58.9 Å². The lowest BCUT2D eigenvalue weighted by atomic mass is 9.88. The molecule has 2 heterocycles. The van der Waals surface area contributed by atoms with E-state index in [0.717, 1.165) is 13.1 Å². The van der Waals surface area contributed by atoms with Gasteiger partial charge in [-0.2, -0.15) is 0 Å². The van der Waals surface area contributed by atoms with E-state index in [1.165, 1.54) is 0 Å². The van der Waals surface area contributed by atoms with Crippen LogP contribution in [-0.2, 0) is 19.0 Å². The summed E-state index contributed by atoms with van der Waals surface area (Å²) in [7, 11) is 0. The molecule has 11 nitrogen and oxygen atoms in total. The highest BCUT2D eigenvalue weighted by molar-refractivity contribution is 5.70. The average molecular weight is 681 g/mol. The molecule has 1 amide bonds. The Bertz CT molecular complexity index is 1100. The summed E-state index contributed by atoms with van der Waals surface area (Å²) >= 11 is 0. The van der Waals surface area contributed by atoms with Crippen LogP contribution < -0.4 is 0 Å². The molecule has 276 valence electrons. The molecule has 0 aromatic heterocycles. The zero-order valence-corrected chi connectivity index (χ0v) is 30.8. The summed E-state index contributed by atoms with van der Waals surface area (Å²) in [5.74, 6) is -0.961. The fourth-order valence-electron chi connectivity index (χ4n) is 6.17. The highest BCUT2D eigenvalue weighted by Crippen LogP contribution is 2.37. The minimum atomic E-state index is -1.50. The number of epoxide rings is 1. The molecule has 2 aliphatic heterocycles. The van der Waals surface area contributed by atoms with E-state index in [9.17, 15) is 30.0 Å². The molecule has 11 heteroatoms. The van der Waals surface area contributed by atoms with Gasteiger partial charge in [-0.05, 0) is 71.7 Å². The van der Waals surface area contributed by atoms with Crippen molar-refractivity contribution in [1.29, 1.82) is 0 Å². The number of aliphatic hydroxyl groups is 4. The van der Waals surface area contributed by atoms with Crippen molar-refractivity contribution in [2.24, 2.45) is 11.8 Å². The monoisotopic (exact) mass is 680 g/mol. The van der Waals surface area contributed by atoms with Crippen LogP contribution in [0, 0.1) is 11.8 Å². The summed E-state index contributed by atoms with van der Waals surface area (Å²) in [4.78, 5) is 30.0. The van der Waals surface area contributed by atoms with Crippen LogP contribution in [0.5, 0.6) is 0 Å². The molecule has 0 saturated carbocycles. The second-order valence-corrected chi connectivity index (χ2v) is 14.1. The molecule has 2 rings (SSSR count). The van der Waals surface area contributed by atoms with E-state index in [1.54, 1.807) is 49.1 Å². The summed E-state index contributed by atoms with van der Waals surface area (Å²) in [6.07, 6.45) is 5.61. The molecular formula is C37H64N2O9. The number of aliphatic hydroxyl groups excluding tert-OH is 2. The number of hydrogen-bond acceptors (Lipinski definition) is 10. The van der Waals surface area contributed by atoms with Gasteiger partial charge < -0.3 is 44.4 Å². The number of esters is 1. The maximum Gasteiger partial charge on any atom is 0.410 e. The summed E-state index contributed by atoms with van der Waals surface area (Å²) < 4.78 is 17.5. The van der Waals surface area contributed by atoms with Crippen molar-refractivity contribution in [2.45, 2.75) is 142 Å². The topological polar surface area (TPSA) is 153 Å². The van der Waals surface area contributed by atoms with E-state index in [1.807, 2.05) is 34.6 Å². The van der Waals surface area contributed by atoms with Gasteiger partial charge in [0.15, 0.2) is 6.10 Å². The van der Waals surface area contributed by atoms with Crippen LogP contribution in [0.15, 0.2) is 36.0 Å². The van der Waals surface area contributed by atoms with Crippen LogP contribution in [0.1, 0.15) is 94.4 Å². The van der Waals surface area contributed by atoms with Gasteiger partial charge in [0.05, 0.1) is 36.4 Å². The number of carbonyl (C=O) groups excluding carboxylic acids is 2. The van der Waals surface area contributed by atoms with Crippen molar-refractivity contribution in [3.05, 3.63) is 36.0 Å². The molecule has 2 aliphatic rings. The molecule has 1 fully saturated rings. The zero-order chi connectivity index (χ0) is 36.2. The summed E-state index contributed by atoms with van der Waals surface area (Å²) in [6, 6.07) is 0. The number of carbonyl (C=O) groups is 2. The Balaban J connectivity index is 2.24. The van der Waals surface area contributed by atoms with E-state index < -0.39 is 47.7 Å². The fraction of sp³-hybridized carbons (Fsp3) is 0.784. The lowest BCUT2D eigenvalue weighted by Crippen LogP contribution is -2.46. The van der Waals surface area contributed by atoms with Gasteiger partial charge in [0, 0.05) is 37.9 Å². The molecule has 4 N–H and O–H groups in total. The Morgan fingerprint density at radius 2 is 1.85 bits per heavy atom. The smallest absolute Gasteiger partial charge is 0.410 e.